The van der Waals surface area contributed by atoms with Gasteiger partial charge in [-0.05, 0) is 12.3 Å². The third-order valence-corrected chi connectivity index (χ3v) is 5.07. The summed E-state index contributed by atoms with van der Waals surface area (Å²) >= 11 is 0.936. The van der Waals surface area contributed by atoms with Crippen molar-refractivity contribution in [1.29, 1.82) is 0 Å². The van der Waals surface area contributed by atoms with Crippen LogP contribution in [0.2, 0.25) is 0 Å². The second-order valence-corrected chi connectivity index (χ2v) is 7.67. The highest BCUT2D eigenvalue weighted by molar-refractivity contribution is 7.09. The van der Waals surface area contributed by atoms with E-state index in [1.165, 1.54) is 4.90 Å². The van der Waals surface area contributed by atoms with Gasteiger partial charge in [0.15, 0.2) is 11.7 Å². The highest BCUT2D eigenvalue weighted by Gasteiger charge is 2.33. The number of aliphatic imine (C=N–C) groups is 1. The van der Waals surface area contributed by atoms with Crippen LogP contribution in [0, 0.1) is 5.92 Å². The molecule has 0 spiro atoms. The average molecular weight is 422 g/mol. The lowest BCUT2D eigenvalue weighted by molar-refractivity contribution is -0.140. The van der Waals surface area contributed by atoms with Crippen LogP contribution in [0.5, 0.6) is 0 Å². The van der Waals surface area contributed by atoms with Crippen LogP contribution in [0.1, 0.15) is 50.2 Å². The van der Waals surface area contributed by atoms with Crippen molar-refractivity contribution in [3.63, 3.8) is 0 Å². The average Bonchev–Trinajstić information content (AvgIpc) is 3.12. The number of likely N-dealkylation sites (N-methyl/N-ethyl adjacent to an activating group) is 1. The maximum Gasteiger partial charge on any atom is 0.434 e. The maximum absolute atomic E-state index is 12.7. The summed E-state index contributed by atoms with van der Waals surface area (Å²) in [7, 11) is 3.29. The number of thiazole rings is 1. The van der Waals surface area contributed by atoms with Crippen molar-refractivity contribution in [3.8, 4) is 0 Å². The van der Waals surface area contributed by atoms with E-state index in [1.807, 2.05) is 0 Å². The summed E-state index contributed by atoms with van der Waals surface area (Å²) in [5, 5.41) is 7.48. The van der Waals surface area contributed by atoms with Crippen molar-refractivity contribution in [2.24, 2.45) is 10.9 Å². The predicted octanol–water partition coefficient (Wildman–Crippen LogP) is 3.50. The fourth-order valence-electron chi connectivity index (χ4n) is 2.33. The lowest BCUT2D eigenvalue weighted by Gasteiger charge is -2.18. The van der Waals surface area contributed by atoms with Crippen LogP contribution < -0.4 is 10.6 Å². The van der Waals surface area contributed by atoms with Crippen LogP contribution in [-0.2, 0) is 17.5 Å². The third kappa shape index (κ3) is 8.90. The first kappa shape index (κ1) is 24.2. The molecule has 1 amide bonds. The molecule has 0 aliphatic heterocycles. The summed E-state index contributed by atoms with van der Waals surface area (Å²) < 4.78 is 38.0. The van der Waals surface area contributed by atoms with E-state index in [0.29, 0.717) is 23.4 Å². The molecule has 2 N–H and O–H groups in total. The molecule has 28 heavy (non-hydrogen) atoms. The number of nitrogens with zero attached hydrogens (tertiary/aromatic N) is 3. The smallest absolute Gasteiger partial charge is 0.356 e. The Kier molecular flexibility index (Phi) is 10.3. The number of hydrogen-bond acceptors (Lipinski definition) is 4. The van der Waals surface area contributed by atoms with Crippen molar-refractivity contribution in [2.45, 2.75) is 52.3 Å². The van der Waals surface area contributed by atoms with Gasteiger partial charge in [-0.25, -0.2) is 9.98 Å². The largest absolute Gasteiger partial charge is 0.434 e. The second-order valence-electron chi connectivity index (χ2n) is 6.73. The number of rotatable bonds is 10. The molecule has 0 aliphatic rings. The topological polar surface area (TPSA) is 69.6 Å². The lowest BCUT2D eigenvalue weighted by atomic mass is 9.99. The first-order valence-electron chi connectivity index (χ1n) is 9.41. The maximum atomic E-state index is 12.7. The third-order valence-electron chi connectivity index (χ3n) is 4.22. The molecular weight excluding hydrogens is 391 g/mol. The molecule has 0 fully saturated rings. The van der Waals surface area contributed by atoms with E-state index in [-0.39, 0.29) is 19.0 Å². The van der Waals surface area contributed by atoms with Gasteiger partial charge in [0, 0.05) is 26.0 Å². The monoisotopic (exact) mass is 421 g/mol. The summed E-state index contributed by atoms with van der Waals surface area (Å²) in [6, 6.07) is 0. The van der Waals surface area contributed by atoms with Crippen LogP contribution in [0.25, 0.3) is 0 Å². The zero-order chi connectivity index (χ0) is 21.2. The van der Waals surface area contributed by atoms with Crippen molar-refractivity contribution in [1.82, 2.24) is 20.5 Å². The van der Waals surface area contributed by atoms with E-state index in [4.69, 9.17) is 0 Å². The number of amides is 1. The molecule has 0 aliphatic carbocycles. The van der Waals surface area contributed by atoms with E-state index in [0.717, 1.165) is 42.4 Å². The summed E-state index contributed by atoms with van der Waals surface area (Å²) in [4.78, 5) is 21.1. The van der Waals surface area contributed by atoms with Gasteiger partial charge < -0.3 is 15.5 Å². The van der Waals surface area contributed by atoms with Gasteiger partial charge in [-0.1, -0.05) is 33.1 Å². The Morgan fingerprint density at radius 3 is 2.57 bits per heavy atom. The minimum absolute atomic E-state index is 0.0419. The molecule has 1 rings (SSSR count). The number of hydrogen-bond donors (Lipinski definition) is 2. The number of carbonyl (C=O) groups is 1. The quantitative estimate of drug-likeness (QED) is 0.448. The van der Waals surface area contributed by atoms with Gasteiger partial charge in [0.05, 0.1) is 6.54 Å². The van der Waals surface area contributed by atoms with E-state index in [2.05, 4.69) is 34.5 Å². The van der Waals surface area contributed by atoms with Crippen LogP contribution in [0.4, 0.5) is 13.2 Å². The molecule has 0 bridgehead atoms. The van der Waals surface area contributed by atoms with Crippen molar-refractivity contribution in [3.05, 3.63) is 16.1 Å². The molecule has 0 radical (unpaired) electrons. The van der Waals surface area contributed by atoms with Gasteiger partial charge in [-0.3, -0.25) is 4.79 Å². The van der Waals surface area contributed by atoms with E-state index >= 15 is 0 Å². The number of halogens is 3. The Labute approximate surface area is 168 Å². The van der Waals surface area contributed by atoms with Crippen molar-refractivity contribution < 1.29 is 18.0 Å². The molecule has 0 saturated carbocycles. The van der Waals surface area contributed by atoms with Gasteiger partial charge in [-0.2, -0.15) is 13.2 Å². The number of unbranched alkanes of at least 4 members (excludes halogenated alkanes) is 1. The minimum atomic E-state index is -4.45. The fourth-order valence-corrected chi connectivity index (χ4v) is 3.07. The Balaban J connectivity index is 2.72. The van der Waals surface area contributed by atoms with Crippen molar-refractivity contribution in [2.75, 3.05) is 27.2 Å². The van der Waals surface area contributed by atoms with E-state index in [9.17, 15) is 18.0 Å². The molecule has 1 aromatic rings. The molecule has 1 aromatic heterocycles. The Morgan fingerprint density at radius 1 is 1.32 bits per heavy atom. The summed E-state index contributed by atoms with van der Waals surface area (Å²) in [5.74, 6) is 0.704. The first-order chi connectivity index (χ1) is 13.2. The molecule has 160 valence electrons. The zero-order valence-electron chi connectivity index (χ0n) is 16.9. The van der Waals surface area contributed by atoms with Crippen LogP contribution in [-0.4, -0.2) is 48.9 Å². The summed E-state index contributed by atoms with van der Waals surface area (Å²) in [6.45, 7) is 5.01. The van der Waals surface area contributed by atoms with Crippen molar-refractivity contribution >= 4 is 23.2 Å². The van der Waals surface area contributed by atoms with Gasteiger partial charge in [0.2, 0.25) is 5.91 Å². The number of alkyl halides is 3. The molecule has 1 atom stereocenters. The number of guanidine groups is 1. The normalized spacial score (nSPS) is 13.3. The molecule has 0 saturated heterocycles. The van der Waals surface area contributed by atoms with Gasteiger partial charge >= 0.3 is 6.18 Å². The molecular formula is C18H30F3N5OS. The number of carbonyl (C=O) groups excluding carboxylic acids is 1. The van der Waals surface area contributed by atoms with Crippen LogP contribution in [0.3, 0.4) is 0 Å². The molecule has 10 heteroatoms. The Hall–Kier alpha value is -1.84. The molecule has 1 unspecified atom stereocenters. The predicted molar refractivity (Wildman–Crippen MR) is 106 cm³/mol. The van der Waals surface area contributed by atoms with Gasteiger partial charge in [0.1, 0.15) is 11.6 Å². The molecule has 0 aromatic carbocycles. The van der Waals surface area contributed by atoms with Gasteiger partial charge in [-0.15, -0.1) is 11.3 Å². The van der Waals surface area contributed by atoms with Crippen LogP contribution >= 0.6 is 11.3 Å². The standard InChI is InChI=1S/C18H30F3N5OS/c1-5-7-8-13(6-2)9-22-17(24-11-16(27)26(3)4)23-10-15-25-14(12-28-15)18(19,20)21/h12-13H,5-11H2,1-4H3,(H2,22,23,24). The SMILES string of the molecule is CCCCC(CC)CNC(=NCC(=O)N(C)C)NCc1nc(C(F)(F)F)cs1. The molecule has 1 heterocycles. The van der Waals surface area contributed by atoms with Gasteiger partial charge in [0.25, 0.3) is 0 Å². The Bertz CT molecular complexity index is 631. The highest BCUT2D eigenvalue weighted by Crippen LogP contribution is 2.29. The second kappa shape index (κ2) is 11.9. The molecule has 6 nitrogen and oxygen atoms in total. The minimum Gasteiger partial charge on any atom is -0.356 e. The zero-order valence-corrected chi connectivity index (χ0v) is 17.7. The summed E-state index contributed by atoms with van der Waals surface area (Å²) in [6.07, 6.45) is -0.0868. The Morgan fingerprint density at radius 2 is 2.04 bits per heavy atom. The van der Waals surface area contributed by atoms with Crippen LogP contribution in [0.15, 0.2) is 10.4 Å². The number of nitrogens with one attached hydrogen (secondary N) is 2. The van der Waals surface area contributed by atoms with E-state index < -0.39 is 11.9 Å². The fraction of sp³-hybridized carbons (Fsp3) is 0.722. The first-order valence-corrected chi connectivity index (χ1v) is 10.3. The lowest BCUT2D eigenvalue weighted by Crippen LogP contribution is -2.40. The highest BCUT2D eigenvalue weighted by atomic mass is 32.1. The summed E-state index contributed by atoms with van der Waals surface area (Å²) in [5.41, 5.74) is -0.894. The number of aromatic nitrogens is 1. The van der Waals surface area contributed by atoms with E-state index in [1.54, 1.807) is 14.1 Å².